The first kappa shape index (κ1) is 11.3. The summed E-state index contributed by atoms with van der Waals surface area (Å²) in [6.45, 7) is 0.0542. The van der Waals surface area contributed by atoms with Gasteiger partial charge in [-0.2, -0.15) is 0 Å². The number of carboxylic acid groups (broad SMARTS) is 1. The van der Waals surface area contributed by atoms with E-state index in [1.54, 1.807) is 0 Å². The Bertz CT molecular complexity index is 145. The quantitative estimate of drug-likeness (QED) is 0.394. The standard InChI is InChI=1S/C6H13FN2O3/c7-9-5(6(11)12)2-1-4(10)3-8/h4-5,9-10H,1-3,8H2,(H,11,12)/t4-,5+/m1/s1. The average Bonchev–Trinajstić information content (AvgIpc) is 2.04. The Kier molecular flexibility index (Phi) is 5.52. The normalized spacial score (nSPS) is 15.6. The van der Waals surface area contributed by atoms with Crippen molar-refractivity contribution < 1.29 is 19.5 Å². The third-order valence-electron chi connectivity index (χ3n) is 1.49. The summed E-state index contributed by atoms with van der Waals surface area (Å²) in [6, 6.07) is -1.26. The fourth-order valence-corrected chi connectivity index (χ4v) is 0.702. The van der Waals surface area contributed by atoms with Crippen molar-refractivity contribution in [1.82, 2.24) is 5.54 Å². The second kappa shape index (κ2) is 5.87. The molecule has 2 atom stereocenters. The lowest BCUT2D eigenvalue weighted by atomic mass is 10.1. The first-order valence-corrected chi connectivity index (χ1v) is 3.59. The van der Waals surface area contributed by atoms with Gasteiger partial charge in [0.1, 0.15) is 6.04 Å². The second-order valence-corrected chi connectivity index (χ2v) is 2.47. The van der Waals surface area contributed by atoms with E-state index in [1.807, 2.05) is 0 Å². The van der Waals surface area contributed by atoms with E-state index < -0.39 is 18.1 Å². The van der Waals surface area contributed by atoms with Crippen molar-refractivity contribution in [2.75, 3.05) is 6.54 Å². The molecular weight excluding hydrogens is 167 g/mol. The van der Waals surface area contributed by atoms with Crippen LogP contribution < -0.4 is 11.3 Å². The number of carbonyl (C=O) groups is 1. The van der Waals surface area contributed by atoms with Gasteiger partial charge in [0, 0.05) is 6.54 Å². The summed E-state index contributed by atoms with van der Waals surface area (Å²) >= 11 is 0. The number of aliphatic hydroxyl groups excluding tert-OH is 1. The number of rotatable bonds is 6. The largest absolute Gasteiger partial charge is 0.480 e. The zero-order valence-corrected chi connectivity index (χ0v) is 6.53. The third-order valence-corrected chi connectivity index (χ3v) is 1.49. The van der Waals surface area contributed by atoms with Crippen LogP contribution >= 0.6 is 0 Å². The monoisotopic (exact) mass is 180 g/mol. The molecule has 0 bridgehead atoms. The molecule has 0 rings (SSSR count). The Morgan fingerprint density at radius 1 is 1.58 bits per heavy atom. The van der Waals surface area contributed by atoms with Gasteiger partial charge in [-0.1, -0.05) is 0 Å². The molecule has 0 aliphatic rings. The molecule has 0 aromatic heterocycles. The van der Waals surface area contributed by atoms with E-state index in [9.17, 15) is 9.28 Å². The third kappa shape index (κ3) is 4.22. The molecule has 5 N–H and O–H groups in total. The maximum atomic E-state index is 11.7. The van der Waals surface area contributed by atoms with Gasteiger partial charge < -0.3 is 15.9 Å². The van der Waals surface area contributed by atoms with Crippen molar-refractivity contribution in [1.29, 1.82) is 0 Å². The SMILES string of the molecule is NC[C@H](O)CC[C@H](NF)C(=O)O. The minimum absolute atomic E-state index is 0.0181. The van der Waals surface area contributed by atoms with Gasteiger partial charge in [-0.05, 0) is 12.8 Å². The molecule has 0 aromatic carbocycles. The Balaban J connectivity index is 3.65. The van der Waals surface area contributed by atoms with Gasteiger partial charge in [0.05, 0.1) is 6.10 Å². The average molecular weight is 180 g/mol. The molecule has 0 aliphatic carbocycles. The van der Waals surface area contributed by atoms with Gasteiger partial charge >= 0.3 is 5.97 Å². The highest BCUT2D eigenvalue weighted by Gasteiger charge is 2.17. The fraction of sp³-hybridized carbons (Fsp3) is 0.833. The predicted molar refractivity (Wildman–Crippen MR) is 40.0 cm³/mol. The number of nitrogens with two attached hydrogens (primary N) is 1. The van der Waals surface area contributed by atoms with Gasteiger partial charge in [-0.3, -0.25) is 4.79 Å². The summed E-state index contributed by atoms with van der Waals surface area (Å²) in [5, 5.41) is 17.3. The van der Waals surface area contributed by atoms with Crippen LogP contribution in [0.3, 0.4) is 0 Å². The maximum absolute atomic E-state index is 11.7. The van der Waals surface area contributed by atoms with E-state index in [0.717, 1.165) is 5.54 Å². The minimum atomic E-state index is -1.28. The summed E-state index contributed by atoms with van der Waals surface area (Å²) in [6.07, 6.45) is -0.575. The second-order valence-electron chi connectivity index (χ2n) is 2.47. The lowest BCUT2D eigenvalue weighted by Crippen LogP contribution is -2.33. The molecular formula is C6H13FN2O3. The van der Waals surface area contributed by atoms with Crippen LogP contribution in [0.1, 0.15) is 12.8 Å². The Hall–Kier alpha value is -0.720. The number of aliphatic hydroxyl groups is 1. The van der Waals surface area contributed by atoms with Crippen molar-refractivity contribution >= 4 is 5.97 Å². The van der Waals surface area contributed by atoms with Gasteiger partial charge in [-0.15, -0.1) is 10.0 Å². The molecule has 72 valence electrons. The molecule has 0 saturated carbocycles. The van der Waals surface area contributed by atoms with Gasteiger partial charge in [0.25, 0.3) is 0 Å². The smallest absolute Gasteiger partial charge is 0.323 e. The molecule has 0 aliphatic heterocycles. The minimum Gasteiger partial charge on any atom is -0.480 e. The van der Waals surface area contributed by atoms with E-state index in [-0.39, 0.29) is 19.4 Å². The number of hydrogen-bond donors (Lipinski definition) is 4. The fourth-order valence-electron chi connectivity index (χ4n) is 0.702. The van der Waals surface area contributed by atoms with Crippen LogP contribution in [-0.2, 0) is 4.79 Å². The summed E-state index contributed by atoms with van der Waals surface area (Å²) in [7, 11) is 0. The molecule has 12 heavy (non-hydrogen) atoms. The number of carboxylic acids is 1. The molecule has 0 radical (unpaired) electrons. The molecule has 0 unspecified atom stereocenters. The molecule has 0 heterocycles. The number of hydrogen-bond acceptors (Lipinski definition) is 4. The molecule has 0 saturated heterocycles. The molecule has 0 aromatic rings. The molecule has 0 fully saturated rings. The van der Waals surface area contributed by atoms with Gasteiger partial charge in [0.15, 0.2) is 0 Å². The lowest BCUT2D eigenvalue weighted by Gasteiger charge is -2.10. The topological polar surface area (TPSA) is 95.6 Å². The van der Waals surface area contributed by atoms with E-state index in [2.05, 4.69) is 0 Å². The number of nitrogens with one attached hydrogen (secondary N) is 1. The summed E-state index contributed by atoms with van der Waals surface area (Å²) in [5.74, 6) is -1.28. The van der Waals surface area contributed by atoms with E-state index in [0.29, 0.717) is 0 Å². The predicted octanol–water partition coefficient (Wildman–Crippen LogP) is -0.987. The molecule has 0 spiro atoms. The first-order valence-electron chi connectivity index (χ1n) is 3.59. The summed E-state index contributed by atoms with van der Waals surface area (Å²) in [4.78, 5) is 10.2. The van der Waals surface area contributed by atoms with Crippen molar-refractivity contribution in [3.63, 3.8) is 0 Å². The van der Waals surface area contributed by atoms with Gasteiger partial charge in [0.2, 0.25) is 0 Å². The molecule has 0 amide bonds. The van der Waals surface area contributed by atoms with Crippen LogP contribution in [0.25, 0.3) is 0 Å². The van der Waals surface area contributed by atoms with Crippen molar-refractivity contribution in [2.45, 2.75) is 25.0 Å². The van der Waals surface area contributed by atoms with Crippen LogP contribution in [0.2, 0.25) is 0 Å². The highest BCUT2D eigenvalue weighted by atomic mass is 19.2. The van der Waals surface area contributed by atoms with Crippen molar-refractivity contribution in [3.05, 3.63) is 0 Å². The first-order chi connectivity index (χ1) is 5.61. The highest BCUT2D eigenvalue weighted by molar-refractivity contribution is 5.73. The Morgan fingerprint density at radius 3 is 2.50 bits per heavy atom. The van der Waals surface area contributed by atoms with E-state index in [4.69, 9.17) is 15.9 Å². The lowest BCUT2D eigenvalue weighted by molar-refractivity contribution is -0.141. The highest BCUT2D eigenvalue weighted by Crippen LogP contribution is 2.01. The van der Waals surface area contributed by atoms with Crippen LogP contribution in [0, 0.1) is 0 Å². The zero-order valence-electron chi connectivity index (χ0n) is 6.53. The summed E-state index contributed by atoms with van der Waals surface area (Å²) < 4.78 is 11.7. The Morgan fingerprint density at radius 2 is 2.17 bits per heavy atom. The van der Waals surface area contributed by atoms with Gasteiger partial charge in [-0.25, -0.2) is 0 Å². The maximum Gasteiger partial charge on any atom is 0.323 e. The van der Waals surface area contributed by atoms with Crippen LogP contribution in [0.15, 0.2) is 0 Å². The van der Waals surface area contributed by atoms with E-state index >= 15 is 0 Å². The zero-order chi connectivity index (χ0) is 9.56. The van der Waals surface area contributed by atoms with Crippen LogP contribution in [0.5, 0.6) is 0 Å². The van der Waals surface area contributed by atoms with Crippen LogP contribution in [0.4, 0.5) is 4.48 Å². The van der Waals surface area contributed by atoms with Crippen molar-refractivity contribution in [3.8, 4) is 0 Å². The molecule has 6 heteroatoms. The summed E-state index contributed by atoms with van der Waals surface area (Å²) in [5.41, 5.74) is 6.19. The number of aliphatic carboxylic acids is 1. The van der Waals surface area contributed by atoms with Crippen molar-refractivity contribution in [2.24, 2.45) is 5.73 Å². The molecule has 5 nitrogen and oxygen atoms in total. The van der Waals surface area contributed by atoms with Crippen LogP contribution in [-0.4, -0.2) is 34.9 Å². The number of halogens is 1. The van der Waals surface area contributed by atoms with E-state index in [1.165, 1.54) is 0 Å². The Labute approximate surface area is 69.3 Å².